The second-order valence-corrected chi connectivity index (χ2v) is 14.0. The Hall–Kier alpha value is -4.05. The minimum Gasteiger partial charge on any atom is -0.497 e. The van der Waals surface area contributed by atoms with E-state index < -0.39 is 28.5 Å². The molecule has 47 heavy (non-hydrogen) atoms. The normalized spacial score (nSPS) is 12.6. The van der Waals surface area contributed by atoms with Crippen LogP contribution in [0.2, 0.25) is 10.0 Å². The van der Waals surface area contributed by atoms with Crippen molar-refractivity contribution >= 4 is 50.7 Å². The molecule has 0 saturated heterocycles. The summed E-state index contributed by atoms with van der Waals surface area (Å²) in [6, 6.07) is 26.0. The van der Waals surface area contributed by atoms with Gasteiger partial charge in [0.2, 0.25) is 11.8 Å². The summed E-state index contributed by atoms with van der Waals surface area (Å²) in [5.41, 5.74) is 2.61. The molecule has 2 amide bonds. The Morgan fingerprint density at radius 1 is 0.915 bits per heavy atom. The third kappa shape index (κ3) is 9.28. The average Bonchev–Trinajstić information content (AvgIpc) is 3.06. The van der Waals surface area contributed by atoms with Gasteiger partial charge in [0.1, 0.15) is 18.3 Å². The summed E-state index contributed by atoms with van der Waals surface area (Å²) in [5, 5.41) is 3.76. The monoisotopic (exact) mass is 695 g/mol. The molecule has 0 radical (unpaired) electrons. The number of carbonyl (C=O) groups is 2. The minimum atomic E-state index is -4.25. The molecular weight excluding hydrogens is 657 g/mol. The highest BCUT2D eigenvalue weighted by molar-refractivity contribution is 7.92. The van der Waals surface area contributed by atoms with Crippen molar-refractivity contribution < 1.29 is 22.7 Å². The Morgan fingerprint density at radius 2 is 1.57 bits per heavy atom. The molecule has 0 saturated carbocycles. The number of sulfonamides is 1. The van der Waals surface area contributed by atoms with Crippen LogP contribution in [0.1, 0.15) is 37.0 Å². The Morgan fingerprint density at radius 3 is 2.17 bits per heavy atom. The van der Waals surface area contributed by atoms with Crippen molar-refractivity contribution in [3.63, 3.8) is 0 Å². The number of carbonyl (C=O) groups excluding carboxylic acids is 2. The van der Waals surface area contributed by atoms with Gasteiger partial charge in [-0.2, -0.15) is 0 Å². The Bertz CT molecular complexity index is 1770. The maximum absolute atomic E-state index is 14.6. The molecule has 0 aliphatic carbocycles. The largest absolute Gasteiger partial charge is 0.497 e. The van der Waals surface area contributed by atoms with Crippen molar-refractivity contribution in [1.82, 2.24) is 10.2 Å². The van der Waals surface area contributed by atoms with Crippen molar-refractivity contribution in [2.24, 2.45) is 0 Å². The summed E-state index contributed by atoms with van der Waals surface area (Å²) >= 11 is 12.8. The highest BCUT2D eigenvalue weighted by Crippen LogP contribution is 2.28. The number of nitrogens with zero attached hydrogens (tertiary/aromatic N) is 2. The van der Waals surface area contributed by atoms with Crippen molar-refractivity contribution in [2.45, 2.75) is 57.1 Å². The van der Waals surface area contributed by atoms with Crippen LogP contribution in [-0.2, 0) is 32.6 Å². The second-order valence-electron chi connectivity index (χ2n) is 11.3. The van der Waals surface area contributed by atoms with Gasteiger partial charge in [0.05, 0.1) is 17.7 Å². The zero-order valence-electron chi connectivity index (χ0n) is 26.8. The molecule has 0 aliphatic heterocycles. The molecule has 4 aromatic rings. The third-order valence-electron chi connectivity index (χ3n) is 7.88. The SMILES string of the molecule is CC[C@@H](C)NC(=O)[C@H](Cc1ccccc1)N(Cc1ccc(Cl)cc1Cl)C(=O)CN(c1ccc(C)cc1)S(=O)(=O)c1ccc(OC)cc1. The molecule has 1 N–H and O–H groups in total. The van der Waals surface area contributed by atoms with Crippen LogP contribution in [0.4, 0.5) is 5.69 Å². The van der Waals surface area contributed by atoms with Crippen LogP contribution in [0.15, 0.2) is 102 Å². The van der Waals surface area contributed by atoms with E-state index in [1.807, 2.05) is 51.1 Å². The van der Waals surface area contributed by atoms with Gasteiger partial charge in [-0.1, -0.05) is 84.2 Å². The molecule has 2 atom stereocenters. The van der Waals surface area contributed by atoms with E-state index in [4.69, 9.17) is 27.9 Å². The van der Waals surface area contributed by atoms with Crippen molar-refractivity contribution in [1.29, 1.82) is 0 Å². The molecule has 0 aromatic heterocycles. The molecule has 248 valence electrons. The lowest BCUT2D eigenvalue weighted by Crippen LogP contribution is -2.54. The van der Waals surface area contributed by atoms with Crippen molar-refractivity contribution in [3.8, 4) is 5.75 Å². The van der Waals surface area contributed by atoms with Crippen LogP contribution in [0, 0.1) is 6.92 Å². The van der Waals surface area contributed by atoms with Gasteiger partial charge in [0, 0.05) is 29.1 Å². The van der Waals surface area contributed by atoms with E-state index in [9.17, 15) is 18.0 Å². The number of hydrogen-bond donors (Lipinski definition) is 1. The minimum absolute atomic E-state index is 0.0191. The van der Waals surface area contributed by atoms with Crippen LogP contribution in [0.5, 0.6) is 5.75 Å². The number of amides is 2. The molecule has 0 unspecified atom stereocenters. The topological polar surface area (TPSA) is 96.0 Å². The standard InChI is InChI=1S/C36H39Cl2N3O5S/c1-5-26(3)39-36(43)34(21-27-9-7-6-8-10-27)40(23-28-13-14-29(37)22-33(28)38)35(42)24-41(30-15-11-25(2)12-16-30)47(44,45)32-19-17-31(46-4)18-20-32/h6-20,22,26,34H,5,21,23-24H2,1-4H3,(H,39,43)/t26-,34+/m1/s1. The van der Waals surface area contributed by atoms with Gasteiger partial charge in [-0.05, 0) is 79.9 Å². The number of benzene rings is 4. The fraction of sp³-hybridized carbons (Fsp3) is 0.278. The third-order valence-corrected chi connectivity index (χ3v) is 10.3. The van der Waals surface area contributed by atoms with E-state index in [0.29, 0.717) is 33.5 Å². The first-order valence-corrected chi connectivity index (χ1v) is 17.4. The van der Waals surface area contributed by atoms with Gasteiger partial charge in [0.15, 0.2) is 0 Å². The Kier molecular flexibility index (Phi) is 12.3. The Labute approximate surface area is 287 Å². The van der Waals surface area contributed by atoms with E-state index in [1.54, 1.807) is 54.6 Å². The fourth-order valence-electron chi connectivity index (χ4n) is 4.94. The summed E-state index contributed by atoms with van der Waals surface area (Å²) in [4.78, 5) is 29.9. The fourth-order valence-corrected chi connectivity index (χ4v) is 6.83. The molecule has 8 nitrogen and oxygen atoms in total. The van der Waals surface area contributed by atoms with E-state index >= 15 is 0 Å². The molecule has 4 aromatic carbocycles. The van der Waals surface area contributed by atoms with Gasteiger partial charge in [-0.3, -0.25) is 13.9 Å². The summed E-state index contributed by atoms with van der Waals surface area (Å²) < 4.78 is 34.7. The van der Waals surface area contributed by atoms with Gasteiger partial charge >= 0.3 is 0 Å². The molecule has 0 spiro atoms. The van der Waals surface area contributed by atoms with E-state index in [0.717, 1.165) is 15.4 Å². The predicted molar refractivity (Wildman–Crippen MR) is 188 cm³/mol. The van der Waals surface area contributed by atoms with Gasteiger partial charge < -0.3 is 15.0 Å². The number of hydrogen-bond acceptors (Lipinski definition) is 5. The summed E-state index contributed by atoms with van der Waals surface area (Å²) in [7, 11) is -2.76. The quantitative estimate of drug-likeness (QED) is 0.152. The summed E-state index contributed by atoms with van der Waals surface area (Å²) in [5.74, 6) is -0.459. The maximum atomic E-state index is 14.6. The van der Waals surface area contributed by atoms with E-state index in [-0.39, 0.29) is 29.8 Å². The first-order chi connectivity index (χ1) is 22.4. The van der Waals surface area contributed by atoms with Gasteiger partial charge in [-0.15, -0.1) is 0 Å². The molecule has 11 heteroatoms. The number of anilines is 1. The highest BCUT2D eigenvalue weighted by atomic mass is 35.5. The summed E-state index contributed by atoms with van der Waals surface area (Å²) in [6.45, 7) is 5.09. The van der Waals surface area contributed by atoms with Crippen LogP contribution >= 0.6 is 23.2 Å². The Balaban J connectivity index is 1.82. The van der Waals surface area contributed by atoms with E-state index in [1.165, 1.54) is 24.1 Å². The maximum Gasteiger partial charge on any atom is 0.264 e. The number of nitrogens with one attached hydrogen (secondary N) is 1. The zero-order valence-corrected chi connectivity index (χ0v) is 29.1. The average molecular weight is 697 g/mol. The number of aryl methyl sites for hydroxylation is 1. The van der Waals surface area contributed by atoms with Crippen molar-refractivity contribution in [2.75, 3.05) is 18.0 Å². The van der Waals surface area contributed by atoms with Gasteiger partial charge in [0.25, 0.3) is 10.0 Å². The predicted octanol–water partition coefficient (Wildman–Crippen LogP) is 7.06. The number of methoxy groups -OCH3 is 1. The molecular formula is C36H39Cl2N3O5S. The lowest BCUT2D eigenvalue weighted by Gasteiger charge is -2.34. The molecule has 0 aliphatic rings. The number of halogens is 2. The number of rotatable bonds is 14. The number of ether oxygens (including phenoxy) is 1. The lowest BCUT2D eigenvalue weighted by molar-refractivity contribution is -0.140. The zero-order chi connectivity index (χ0) is 34.1. The van der Waals surface area contributed by atoms with Crippen LogP contribution in [0.25, 0.3) is 0 Å². The second kappa shape index (κ2) is 16.2. The molecule has 4 rings (SSSR count). The molecule has 0 bridgehead atoms. The molecule has 0 heterocycles. The highest BCUT2D eigenvalue weighted by Gasteiger charge is 2.35. The first-order valence-electron chi connectivity index (χ1n) is 15.2. The first kappa shape index (κ1) is 35.8. The molecule has 0 fully saturated rings. The van der Waals surface area contributed by atoms with Crippen LogP contribution < -0.4 is 14.4 Å². The smallest absolute Gasteiger partial charge is 0.264 e. The van der Waals surface area contributed by atoms with Crippen LogP contribution in [-0.4, -0.2) is 50.9 Å². The van der Waals surface area contributed by atoms with Gasteiger partial charge in [-0.25, -0.2) is 8.42 Å². The lowest BCUT2D eigenvalue weighted by atomic mass is 10.0. The summed E-state index contributed by atoms with van der Waals surface area (Å²) in [6.07, 6.45) is 0.873. The van der Waals surface area contributed by atoms with Crippen molar-refractivity contribution in [3.05, 3.63) is 124 Å². The van der Waals surface area contributed by atoms with E-state index in [2.05, 4.69) is 5.32 Å². The van der Waals surface area contributed by atoms with Crippen LogP contribution in [0.3, 0.4) is 0 Å².